The zero-order valence-electron chi connectivity index (χ0n) is 16.3. The number of tetrazole rings is 1. The molecule has 4 aromatic rings. The molecule has 0 unspecified atom stereocenters. The first-order valence-corrected chi connectivity index (χ1v) is 10.4. The Bertz CT molecular complexity index is 1230. The van der Waals surface area contributed by atoms with Gasteiger partial charge in [0, 0.05) is 10.9 Å². The average Bonchev–Trinajstić information content (AvgIpc) is 3.37. The molecule has 0 saturated carbocycles. The van der Waals surface area contributed by atoms with Crippen molar-refractivity contribution >= 4 is 22.9 Å². The van der Waals surface area contributed by atoms with Crippen molar-refractivity contribution in [3.05, 3.63) is 69.0 Å². The smallest absolute Gasteiger partial charge is 0.368 e. The minimum Gasteiger partial charge on any atom is -0.493 e. The Balaban J connectivity index is 1.58. The fourth-order valence-electron chi connectivity index (χ4n) is 2.89. The summed E-state index contributed by atoms with van der Waals surface area (Å²) in [6.45, 7) is 2.68. The second-order valence-electron chi connectivity index (χ2n) is 6.22. The molecule has 0 fully saturated rings. The van der Waals surface area contributed by atoms with Crippen LogP contribution < -0.4 is 15.2 Å². The third kappa shape index (κ3) is 3.94. The van der Waals surface area contributed by atoms with E-state index in [-0.39, 0.29) is 12.2 Å². The van der Waals surface area contributed by atoms with E-state index in [4.69, 9.17) is 21.1 Å². The summed E-state index contributed by atoms with van der Waals surface area (Å²) in [7, 11) is 1.60. The number of hydrogen-bond donors (Lipinski definition) is 0. The first-order chi connectivity index (χ1) is 14.6. The van der Waals surface area contributed by atoms with Gasteiger partial charge in [0.05, 0.1) is 36.7 Å². The van der Waals surface area contributed by atoms with Crippen LogP contribution in [0, 0.1) is 0 Å². The van der Waals surface area contributed by atoms with Crippen LogP contribution in [0.2, 0.25) is 5.02 Å². The molecule has 0 spiro atoms. The number of hydrogen-bond acceptors (Lipinski definition) is 7. The van der Waals surface area contributed by atoms with Crippen molar-refractivity contribution in [2.75, 3.05) is 13.7 Å². The van der Waals surface area contributed by atoms with Crippen LogP contribution in [-0.2, 0) is 6.54 Å². The van der Waals surface area contributed by atoms with E-state index in [9.17, 15) is 4.79 Å². The van der Waals surface area contributed by atoms with Crippen LogP contribution in [0.15, 0.2) is 52.6 Å². The van der Waals surface area contributed by atoms with Crippen LogP contribution >= 0.6 is 22.9 Å². The van der Waals surface area contributed by atoms with Gasteiger partial charge in [-0.2, -0.15) is 9.36 Å². The van der Waals surface area contributed by atoms with Crippen LogP contribution in [0.25, 0.3) is 16.3 Å². The van der Waals surface area contributed by atoms with Crippen molar-refractivity contribution in [3.8, 4) is 27.8 Å². The summed E-state index contributed by atoms with van der Waals surface area (Å²) < 4.78 is 13.4. The van der Waals surface area contributed by atoms with E-state index in [1.165, 1.54) is 20.7 Å². The number of aromatic nitrogens is 5. The van der Waals surface area contributed by atoms with E-state index in [1.807, 2.05) is 30.5 Å². The Labute approximate surface area is 181 Å². The zero-order chi connectivity index (χ0) is 21.1. The van der Waals surface area contributed by atoms with Gasteiger partial charge in [-0.3, -0.25) is 0 Å². The van der Waals surface area contributed by atoms with Gasteiger partial charge in [-0.25, -0.2) is 9.78 Å². The first-order valence-electron chi connectivity index (χ1n) is 9.14. The van der Waals surface area contributed by atoms with Gasteiger partial charge < -0.3 is 9.47 Å². The monoisotopic (exact) mass is 443 g/mol. The topological polar surface area (TPSA) is 84.1 Å². The van der Waals surface area contributed by atoms with Crippen LogP contribution in [0.1, 0.15) is 12.6 Å². The highest BCUT2D eigenvalue weighted by Crippen LogP contribution is 2.33. The van der Waals surface area contributed by atoms with Gasteiger partial charge in [0.25, 0.3) is 0 Å². The average molecular weight is 444 g/mol. The molecule has 0 N–H and O–H groups in total. The number of halogens is 1. The summed E-state index contributed by atoms with van der Waals surface area (Å²) in [6.07, 6.45) is 0. The Kier molecular flexibility index (Phi) is 5.82. The second kappa shape index (κ2) is 8.68. The van der Waals surface area contributed by atoms with E-state index >= 15 is 0 Å². The third-order valence-electron chi connectivity index (χ3n) is 4.29. The maximum atomic E-state index is 12.7. The molecule has 8 nitrogen and oxygen atoms in total. The largest absolute Gasteiger partial charge is 0.493 e. The summed E-state index contributed by atoms with van der Waals surface area (Å²) in [4.78, 5) is 17.3. The van der Waals surface area contributed by atoms with Crippen LogP contribution in [0.4, 0.5) is 0 Å². The van der Waals surface area contributed by atoms with Crippen LogP contribution in [0.5, 0.6) is 11.5 Å². The third-order valence-corrected chi connectivity index (χ3v) is 5.55. The quantitative estimate of drug-likeness (QED) is 0.433. The van der Waals surface area contributed by atoms with Crippen molar-refractivity contribution in [3.63, 3.8) is 0 Å². The molecule has 0 amide bonds. The van der Waals surface area contributed by atoms with E-state index in [1.54, 1.807) is 31.4 Å². The number of thiazole rings is 1. The lowest BCUT2D eigenvalue weighted by molar-refractivity contribution is 0.311. The van der Waals surface area contributed by atoms with Gasteiger partial charge in [-0.1, -0.05) is 23.7 Å². The second-order valence-corrected chi connectivity index (χ2v) is 7.49. The Hall–Kier alpha value is -3.17. The number of nitrogens with zero attached hydrogens (tertiary/aromatic N) is 5. The highest BCUT2D eigenvalue weighted by atomic mass is 35.5. The molecule has 2 heterocycles. The van der Waals surface area contributed by atoms with E-state index in [2.05, 4.69) is 15.4 Å². The predicted octanol–water partition coefficient (Wildman–Crippen LogP) is 3.66. The van der Waals surface area contributed by atoms with Gasteiger partial charge in [-0.05, 0) is 47.7 Å². The Morgan fingerprint density at radius 1 is 1.13 bits per heavy atom. The maximum Gasteiger partial charge on any atom is 0.368 e. The van der Waals surface area contributed by atoms with Crippen LogP contribution in [0.3, 0.4) is 0 Å². The van der Waals surface area contributed by atoms with Crippen LogP contribution in [-0.4, -0.2) is 38.5 Å². The van der Waals surface area contributed by atoms with Crippen molar-refractivity contribution in [1.82, 2.24) is 24.8 Å². The predicted molar refractivity (Wildman–Crippen MR) is 115 cm³/mol. The van der Waals surface area contributed by atoms with Crippen molar-refractivity contribution in [2.45, 2.75) is 13.5 Å². The van der Waals surface area contributed by atoms with E-state index < -0.39 is 0 Å². The minimum atomic E-state index is -0.389. The zero-order valence-corrected chi connectivity index (χ0v) is 17.9. The standard InChI is InChI=1S/C20H18ClN5O3S/c1-3-29-17-9-8-13(10-18(17)28-2)19-22-14(12-30-19)11-25-20(27)26(24-23-25)16-7-5-4-6-15(16)21/h4-10,12H,3,11H2,1-2H3. The number of benzene rings is 2. The molecule has 154 valence electrons. The molecular formula is C20H18ClN5O3S. The summed E-state index contributed by atoms with van der Waals surface area (Å²) in [5, 5.41) is 11.0. The van der Waals surface area contributed by atoms with Gasteiger partial charge in [0.2, 0.25) is 0 Å². The molecule has 0 aliphatic heterocycles. The molecule has 0 aliphatic carbocycles. The molecule has 0 bridgehead atoms. The summed E-state index contributed by atoms with van der Waals surface area (Å²) in [6, 6.07) is 12.6. The number of ether oxygens (including phenoxy) is 2. The van der Waals surface area contributed by atoms with E-state index in [0.29, 0.717) is 34.5 Å². The van der Waals surface area contributed by atoms with Gasteiger partial charge >= 0.3 is 5.69 Å². The fraction of sp³-hybridized carbons (Fsp3) is 0.200. The lowest BCUT2D eigenvalue weighted by Crippen LogP contribution is -2.25. The molecular weight excluding hydrogens is 426 g/mol. The normalized spacial score (nSPS) is 10.9. The molecule has 0 aliphatic rings. The summed E-state index contributed by atoms with van der Waals surface area (Å²) >= 11 is 7.63. The highest BCUT2D eigenvalue weighted by molar-refractivity contribution is 7.13. The SMILES string of the molecule is CCOc1ccc(-c2nc(Cn3nnn(-c4ccccc4Cl)c3=O)cs2)cc1OC. The van der Waals surface area contributed by atoms with E-state index in [0.717, 1.165) is 10.6 Å². The van der Waals surface area contributed by atoms with Gasteiger partial charge in [-0.15, -0.1) is 11.3 Å². The molecule has 2 aromatic carbocycles. The molecule has 4 rings (SSSR count). The molecule has 0 saturated heterocycles. The van der Waals surface area contributed by atoms with Crippen molar-refractivity contribution in [2.24, 2.45) is 0 Å². The molecule has 2 aromatic heterocycles. The minimum absolute atomic E-state index is 0.202. The summed E-state index contributed by atoms with van der Waals surface area (Å²) in [5.41, 5.74) is 1.70. The van der Waals surface area contributed by atoms with Gasteiger partial charge in [0.1, 0.15) is 5.01 Å². The molecule has 0 radical (unpaired) electrons. The fourth-order valence-corrected chi connectivity index (χ4v) is 3.91. The maximum absolute atomic E-state index is 12.7. The number of para-hydroxylation sites is 1. The molecule has 0 atom stereocenters. The van der Waals surface area contributed by atoms with Crippen molar-refractivity contribution < 1.29 is 9.47 Å². The molecule has 30 heavy (non-hydrogen) atoms. The highest BCUT2D eigenvalue weighted by Gasteiger charge is 2.14. The summed E-state index contributed by atoms with van der Waals surface area (Å²) in [5.74, 6) is 1.33. The Morgan fingerprint density at radius 3 is 2.73 bits per heavy atom. The van der Waals surface area contributed by atoms with Gasteiger partial charge in [0.15, 0.2) is 11.5 Å². The Morgan fingerprint density at radius 2 is 1.97 bits per heavy atom. The number of methoxy groups -OCH3 is 1. The lowest BCUT2D eigenvalue weighted by Gasteiger charge is -2.09. The first kappa shape index (κ1) is 20.1. The number of rotatable bonds is 7. The van der Waals surface area contributed by atoms with Crippen molar-refractivity contribution in [1.29, 1.82) is 0 Å². The molecule has 10 heteroatoms. The lowest BCUT2D eigenvalue weighted by atomic mass is 10.2.